The summed E-state index contributed by atoms with van der Waals surface area (Å²) < 4.78 is 0. The summed E-state index contributed by atoms with van der Waals surface area (Å²) >= 11 is 0. The van der Waals surface area contributed by atoms with E-state index in [2.05, 4.69) is 10.3 Å². The number of nitrogens with one attached hydrogen (secondary N) is 1. The Balaban J connectivity index is 1.69. The SMILES string of the molecule is O=C(O)C1C2CCC(CC2)C1C(=O)NCc1ccccn1. The second-order valence-corrected chi connectivity index (χ2v) is 6.10. The maximum atomic E-state index is 12.5. The first kappa shape index (κ1) is 14.0. The zero-order valence-electron chi connectivity index (χ0n) is 11.9. The number of carboxylic acid groups (broad SMARTS) is 1. The highest BCUT2D eigenvalue weighted by atomic mass is 16.4. The quantitative estimate of drug-likeness (QED) is 0.886. The lowest BCUT2D eigenvalue weighted by Crippen LogP contribution is -2.50. The van der Waals surface area contributed by atoms with Crippen LogP contribution in [0.25, 0.3) is 0 Å². The van der Waals surface area contributed by atoms with Gasteiger partial charge in [0.1, 0.15) is 0 Å². The van der Waals surface area contributed by atoms with Crippen LogP contribution in [0.2, 0.25) is 0 Å². The van der Waals surface area contributed by atoms with Crippen LogP contribution in [0, 0.1) is 23.7 Å². The molecule has 3 fully saturated rings. The summed E-state index contributed by atoms with van der Waals surface area (Å²) in [6.07, 6.45) is 5.55. The predicted molar refractivity (Wildman–Crippen MR) is 76.1 cm³/mol. The van der Waals surface area contributed by atoms with Crippen molar-refractivity contribution in [2.45, 2.75) is 32.2 Å². The molecule has 0 spiro atoms. The highest BCUT2D eigenvalue weighted by Crippen LogP contribution is 2.49. The monoisotopic (exact) mass is 288 g/mol. The van der Waals surface area contributed by atoms with E-state index in [1.54, 1.807) is 6.20 Å². The molecule has 112 valence electrons. The van der Waals surface area contributed by atoms with Crippen LogP contribution >= 0.6 is 0 Å². The van der Waals surface area contributed by atoms with Gasteiger partial charge < -0.3 is 10.4 Å². The van der Waals surface area contributed by atoms with Crippen LogP contribution in [0.5, 0.6) is 0 Å². The van der Waals surface area contributed by atoms with Crippen LogP contribution in [0.4, 0.5) is 0 Å². The van der Waals surface area contributed by atoms with E-state index in [9.17, 15) is 14.7 Å². The highest BCUT2D eigenvalue weighted by molar-refractivity contribution is 5.85. The van der Waals surface area contributed by atoms with E-state index in [1.165, 1.54) is 0 Å². The number of hydrogen-bond donors (Lipinski definition) is 2. The maximum Gasteiger partial charge on any atom is 0.307 e. The number of rotatable bonds is 4. The predicted octanol–water partition coefficient (Wildman–Crippen LogP) is 1.83. The van der Waals surface area contributed by atoms with Gasteiger partial charge in [0.25, 0.3) is 0 Å². The van der Waals surface area contributed by atoms with Crippen molar-refractivity contribution < 1.29 is 14.7 Å². The molecular weight excluding hydrogens is 268 g/mol. The van der Waals surface area contributed by atoms with Gasteiger partial charge in [-0.2, -0.15) is 0 Å². The Hall–Kier alpha value is -1.91. The van der Waals surface area contributed by atoms with Gasteiger partial charge >= 0.3 is 5.97 Å². The van der Waals surface area contributed by atoms with Crippen molar-refractivity contribution in [1.82, 2.24) is 10.3 Å². The number of aliphatic carboxylic acids is 1. The topological polar surface area (TPSA) is 79.3 Å². The molecule has 2 atom stereocenters. The largest absolute Gasteiger partial charge is 0.481 e. The Morgan fingerprint density at radius 3 is 2.38 bits per heavy atom. The molecule has 0 radical (unpaired) electrons. The smallest absolute Gasteiger partial charge is 0.307 e. The Bertz CT molecular complexity index is 524. The van der Waals surface area contributed by atoms with Gasteiger partial charge in [0.2, 0.25) is 5.91 Å². The first-order valence-electron chi connectivity index (χ1n) is 7.57. The molecule has 5 nitrogen and oxygen atoms in total. The molecule has 1 heterocycles. The third-order valence-corrected chi connectivity index (χ3v) is 4.98. The van der Waals surface area contributed by atoms with Gasteiger partial charge in [-0.25, -0.2) is 0 Å². The number of nitrogens with zero attached hydrogens (tertiary/aromatic N) is 1. The molecule has 0 aromatic carbocycles. The van der Waals surface area contributed by atoms with Crippen molar-refractivity contribution >= 4 is 11.9 Å². The average molecular weight is 288 g/mol. The zero-order valence-corrected chi connectivity index (χ0v) is 11.9. The van der Waals surface area contributed by atoms with Gasteiger partial charge in [0, 0.05) is 6.20 Å². The molecule has 0 saturated heterocycles. The lowest BCUT2D eigenvalue weighted by atomic mass is 9.58. The van der Waals surface area contributed by atoms with Gasteiger partial charge in [-0.1, -0.05) is 6.07 Å². The number of carbonyl (C=O) groups is 2. The third kappa shape index (κ3) is 2.77. The van der Waals surface area contributed by atoms with Crippen LogP contribution in [-0.2, 0) is 16.1 Å². The first-order valence-corrected chi connectivity index (χ1v) is 7.57. The maximum absolute atomic E-state index is 12.5. The lowest BCUT2D eigenvalue weighted by Gasteiger charge is -2.45. The van der Waals surface area contributed by atoms with Crippen LogP contribution in [0.1, 0.15) is 31.4 Å². The van der Waals surface area contributed by atoms with E-state index in [0.717, 1.165) is 31.4 Å². The zero-order chi connectivity index (χ0) is 14.8. The normalized spacial score (nSPS) is 30.9. The second-order valence-electron chi connectivity index (χ2n) is 6.10. The number of aromatic nitrogens is 1. The molecule has 5 heteroatoms. The molecule has 2 unspecified atom stereocenters. The van der Waals surface area contributed by atoms with Crippen LogP contribution < -0.4 is 5.32 Å². The number of hydrogen-bond acceptors (Lipinski definition) is 3. The highest BCUT2D eigenvalue weighted by Gasteiger charge is 2.50. The number of fused-ring (bicyclic) bond motifs is 3. The molecule has 0 aliphatic heterocycles. The molecule has 2 N–H and O–H groups in total. The Labute approximate surface area is 123 Å². The fourth-order valence-electron chi connectivity index (χ4n) is 3.98. The van der Waals surface area contributed by atoms with Crippen molar-refractivity contribution in [2.75, 3.05) is 0 Å². The summed E-state index contributed by atoms with van der Waals surface area (Å²) in [5.41, 5.74) is 0.790. The molecule has 3 saturated carbocycles. The van der Waals surface area contributed by atoms with E-state index < -0.39 is 11.9 Å². The Kier molecular flexibility index (Phi) is 3.90. The van der Waals surface area contributed by atoms with Gasteiger partial charge in [-0.3, -0.25) is 14.6 Å². The van der Waals surface area contributed by atoms with Gasteiger partial charge in [0.05, 0.1) is 24.1 Å². The fraction of sp³-hybridized carbons (Fsp3) is 0.562. The van der Waals surface area contributed by atoms with E-state index >= 15 is 0 Å². The number of carboxylic acids is 1. The molecule has 2 bridgehead atoms. The molecule has 4 rings (SSSR count). The molecule has 1 aromatic rings. The summed E-state index contributed by atoms with van der Waals surface area (Å²) in [7, 11) is 0. The standard InChI is InChI=1S/C16H20N2O3/c19-15(18-9-12-3-1-2-8-17-12)13-10-4-6-11(7-5-10)14(13)16(20)21/h1-3,8,10-11,13-14H,4-7,9H2,(H,18,19)(H,20,21). The van der Waals surface area contributed by atoms with Crippen LogP contribution in [0.15, 0.2) is 24.4 Å². The van der Waals surface area contributed by atoms with Crippen molar-refractivity contribution in [3.8, 4) is 0 Å². The number of carbonyl (C=O) groups excluding carboxylic acids is 1. The summed E-state index contributed by atoms with van der Waals surface area (Å²) in [6, 6.07) is 5.55. The molecule has 3 aliphatic carbocycles. The lowest BCUT2D eigenvalue weighted by molar-refractivity contribution is -0.158. The summed E-state index contributed by atoms with van der Waals surface area (Å²) in [6.45, 7) is 0.361. The molecule has 21 heavy (non-hydrogen) atoms. The van der Waals surface area contributed by atoms with Crippen molar-refractivity contribution in [3.05, 3.63) is 30.1 Å². The first-order chi connectivity index (χ1) is 10.2. The summed E-state index contributed by atoms with van der Waals surface area (Å²) in [5.74, 6) is -1.44. The second kappa shape index (κ2) is 5.84. The van der Waals surface area contributed by atoms with Crippen molar-refractivity contribution in [3.63, 3.8) is 0 Å². The van der Waals surface area contributed by atoms with Gasteiger partial charge in [-0.05, 0) is 49.7 Å². The minimum absolute atomic E-state index is 0.123. The molecule has 3 aliphatic rings. The minimum atomic E-state index is -0.817. The van der Waals surface area contributed by atoms with Gasteiger partial charge in [-0.15, -0.1) is 0 Å². The van der Waals surface area contributed by atoms with Crippen molar-refractivity contribution in [1.29, 1.82) is 0 Å². The molecular formula is C16H20N2O3. The number of amides is 1. The van der Waals surface area contributed by atoms with Crippen LogP contribution in [-0.4, -0.2) is 22.0 Å². The summed E-state index contributed by atoms with van der Waals surface area (Å²) in [4.78, 5) is 28.2. The fourth-order valence-corrected chi connectivity index (χ4v) is 3.98. The Morgan fingerprint density at radius 2 is 1.81 bits per heavy atom. The van der Waals surface area contributed by atoms with E-state index in [1.807, 2.05) is 18.2 Å². The van der Waals surface area contributed by atoms with Crippen LogP contribution in [0.3, 0.4) is 0 Å². The van der Waals surface area contributed by atoms with E-state index in [0.29, 0.717) is 6.54 Å². The molecule has 1 amide bonds. The number of pyridine rings is 1. The Morgan fingerprint density at radius 1 is 1.14 bits per heavy atom. The third-order valence-electron chi connectivity index (χ3n) is 4.98. The summed E-state index contributed by atoms with van der Waals surface area (Å²) in [5, 5.41) is 12.3. The van der Waals surface area contributed by atoms with Crippen molar-refractivity contribution in [2.24, 2.45) is 23.7 Å². The average Bonchev–Trinajstić information content (AvgIpc) is 2.53. The minimum Gasteiger partial charge on any atom is -0.481 e. The molecule has 1 aromatic heterocycles. The van der Waals surface area contributed by atoms with E-state index in [4.69, 9.17) is 0 Å². The van der Waals surface area contributed by atoms with E-state index in [-0.39, 0.29) is 23.7 Å². The van der Waals surface area contributed by atoms with Gasteiger partial charge in [0.15, 0.2) is 0 Å².